The maximum atomic E-state index is 4.77. The van der Waals surface area contributed by atoms with Gasteiger partial charge >= 0.3 is 0 Å². The minimum atomic E-state index is 0.848. The van der Waals surface area contributed by atoms with Crippen molar-refractivity contribution in [2.24, 2.45) is 4.99 Å². The van der Waals surface area contributed by atoms with Crippen molar-refractivity contribution in [2.45, 2.75) is 12.8 Å². The topological polar surface area (TPSA) is 15.6 Å². The van der Waals surface area contributed by atoms with Crippen LogP contribution in [0.3, 0.4) is 0 Å². The lowest BCUT2D eigenvalue weighted by atomic mass is 10.0. The van der Waals surface area contributed by atoms with E-state index in [9.17, 15) is 0 Å². The SMILES string of the molecule is C=C1CN2C(=Nc3cccc4c3=C2CCC=4)C1=C. The maximum Gasteiger partial charge on any atom is 0.140 e. The first-order valence-electron chi connectivity index (χ1n) is 6.32. The summed E-state index contributed by atoms with van der Waals surface area (Å²) in [6.07, 6.45) is 4.50. The van der Waals surface area contributed by atoms with Crippen LogP contribution in [-0.2, 0) is 0 Å². The minimum absolute atomic E-state index is 0.848. The van der Waals surface area contributed by atoms with Crippen molar-refractivity contribution in [3.05, 3.63) is 52.9 Å². The fourth-order valence-electron chi connectivity index (χ4n) is 3.04. The van der Waals surface area contributed by atoms with Crippen molar-refractivity contribution in [3.63, 3.8) is 0 Å². The highest BCUT2D eigenvalue weighted by atomic mass is 15.2. The molecule has 2 heterocycles. The van der Waals surface area contributed by atoms with Crippen LogP contribution in [-0.4, -0.2) is 17.3 Å². The van der Waals surface area contributed by atoms with Gasteiger partial charge in [-0.3, -0.25) is 0 Å². The number of amidine groups is 1. The number of fused-ring (bicyclic) bond motifs is 2. The highest BCUT2D eigenvalue weighted by Crippen LogP contribution is 2.32. The summed E-state index contributed by atoms with van der Waals surface area (Å²) in [5, 5.41) is 2.63. The molecule has 0 radical (unpaired) electrons. The molecule has 2 aliphatic heterocycles. The van der Waals surface area contributed by atoms with E-state index >= 15 is 0 Å². The molecule has 0 N–H and O–H groups in total. The first-order valence-corrected chi connectivity index (χ1v) is 6.32. The fourth-order valence-corrected chi connectivity index (χ4v) is 3.04. The number of rotatable bonds is 0. The van der Waals surface area contributed by atoms with Crippen molar-refractivity contribution in [1.29, 1.82) is 0 Å². The van der Waals surface area contributed by atoms with Crippen molar-refractivity contribution < 1.29 is 0 Å². The molecule has 0 unspecified atom stereocenters. The van der Waals surface area contributed by atoms with Gasteiger partial charge in [-0.25, -0.2) is 4.99 Å². The maximum absolute atomic E-state index is 4.77. The van der Waals surface area contributed by atoms with Gasteiger partial charge in [0.2, 0.25) is 0 Å². The first-order chi connectivity index (χ1) is 8.75. The lowest BCUT2D eigenvalue weighted by molar-refractivity contribution is 0.627. The minimum Gasteiger partial charge on any atom is -0.325 e. The lowest BCUT2D eigenvalue weighted by Crippen LogP contribution is -2.40. The fraction of sp³-hybridized carbons (Fsp3) is 0.188. The summed E-state index contributed by atoms with van der Waals surface area (Å²) in [7, 11) is 0. The van der Waals surface area contributed by atoms with Crippen LogP contribution in [0.4, 0.5) is 5.69 Å². The number of hydrogen-bond acceptors (Lipinski definition) is 2. The second-order valence-electron chi connectivity index (χ2n) is 5.03. The molecule has 0 saturated carbocycles. The lowest BCUT2D eigenvalue weighted by Gasteiger charge is -2.27. The van der Waals surface area contributed by atoms with Gasteiger partial charge in [0.05, 0.1) is 5.69 Å². The second kappa shape index (κ2) is 3.22. The highest BCUT2D eigenvalue weighted by Gasteiger charge is 2.31. The third-order valence-corrected chi connectivity index (χ3v) is 3.96. The molecule has 1 aliphatic carbocycles. The predicted octanol–water partition coefficient (Wildman–Crippen LogP) is 1.84. The van der Waals surface area contributed by atoms with E-state index in [-0.39, 0.29) is 0 Å². The summed E-state index contributed by atoms with van der Waals surface area (Å²) in [5.41, 5.74) is 4.56. The normalized spacial score (nSPS) is 20.3. The molecule has 0 aromatic heterocycles. The molecule has 2 nitrogen and oxygen atoms in total. The molecule has 1 aromatic rings. The molecular formula is C16H14N2. The average molecular weight is 234 g/mol. The molecule has 18 heavy (non-hydrogen) atoms. The number of benzene rings is 1. The van der Waals surface area contributed by atoms with Gasteiger partial charge in [0.15, 0.2) is 0 Å². The largest absolute Gasteiger partial charge is 0.325 e. The first kappa shape index (κ1) is 9.89. The zero-order valence-electron chi connectivity index (χ0n) is 10.2. The standard InChI is InChI=1S/C16H14N2/c1-10-9-18-14-8-4-6-12-5-3-7-13(15(12)14)17-16(18)11(10)2/h3,5-7H,1-2,4,8-9H2. The van der Waals surface area contributed by atoms with E-state index in [1.807, 2.05) is 0 Å². The summed E-state index contributed by atoms with van der Waals surface area (Å²) in [5.74, 6) is 1.00. The Hall–Kier alpha value is -2.09. The van der Waals surface area contributed by atoms with E-state index in [0.717, 1.165) is 42.1 Å². The number of nitrogens with zero attached hydrogens (tertiary/aromatic N) is 2. The van der Waals surface area contributed by atoms with Gasteiger partial charge in [0, 0.05) is 23.0 Å². The Morgan fingerprint density at radius 2 is 2.11 bits per heavy atom. The third-order valence-electron chi connectivity index (χ3n) is 3.96. The van der Waals surface area contributed by atoms with Crippen LogP contribution in [0.5, 0.6) is 0 Å². The predicted molar refractivity (Wildman–Crippen MR) is 74.9 cm³/mol. The van der Waals surface area contributed by atoms with E-state index < -0.39 is 0 Å². The second-order valence-corrected chi connectivity index (χ2v) is 5.03. The Bertz CT molecular complexity index is 750. The summed E-state index contributed by atoms with van der Waals surface area (Å²) in [6.45, 7) is 9.04. The van der Waals surface area contributed by atoms with Gasteiger partial charge in [0.25, 0.3) is 0 Å². The molecule has 3 aliphatic rings. The van der Waals surface area contributed by atoms with Crippen LogP contribution in [0.15, 0.2) is 47.5 Å². The van der Waals surface area contributed by atoms with E-state index in [0.29, 0.717) is 0 Å². The smallest absolute Gasteiger partial charge is 0.140 e. The molecule has 4 rings (SSSR count). The Morgan fingerprint density at radius 1 is 1.22 bits per heavy atom. The number of hydrogen-bond donors (Lipinski definition) is 0. The monoisotopic (exact) mass is 234 g/mol. The van der Waals surface area contributed by atoms with Crippen molar-refractivity contribution in [2.75, 3.05) is 6.54 Å². The molecule has 0 bridgehead atoms. The van der Waals surface area contributed by atoms with Crippen LogP contribution in [0, 0.1) is 0 Å². The van der Waals surface area contributed by atoms with Crippen LogP contribution in [0.25, 0.3) is 11.8 Å². The van der Waals surface area contributed by atoms with E-state index in [1.165, 1.54) is 16.1 Å². The molecule has 2 heteroatoms. The van der Waals surface area contributed by atoms with E-state index in [2.05, 4.69) is 42.3 Å². The average Bonchev–Trinajstić information content (AvgIpc) is 2.68. The van der Waals surface area contributed by atoms with Crippen LogP contribution < -0.4 is 10.4 Å². The van der Waals surface area contributed by atoms with Gasteiger partial charge in [-0.1, -0.05) is 31.4 Å². The summed E-state index contributed by atoms with van der Waals surface area (Å²) in [4.78, 5) is 7.07. The van der Waals surface area contributed by atoms with Crippen molar-refractivity contribution >= 4 is 23.3 Å². The van der Waals surface area contributed by atoms with Gasteiger partial charge < -0.3 is 4.90 Å². The Balaban J connectivity index is 2.12. The van der Waals surface area contributed by atoms with Crippen LogP contribution in [0.1, 0.15) is 12.8 Å². The highest BCUT2D eigenvalue weighted by molar-refractivity contribution is 6.10. The summed E-state index contributed by atoms with van der Waals surface area (Å²) in [6, 6.07) is 6.36. The summed E-state index contributed by atoms with van der Waals surface area (Å²) >= 11 is 0. The summed E-state index contributed by atoms with van der Waals surface area (Å²) < 4.78 is 0. The quantitative estimate of drug-likeness (QED) is 0.669. The third kappa shape index (κ3) is 1.10. The van der Waals surface area contributed by atoms with E-state index in [1.54, 1.807) is 0 Å². The van der Waals surface area contributed by atoms with Gasteiger partial charge in [0.1, 0.15) is 5.84 Å². The Morgan fingerprint density at radius 3 is 3.00 bits per heavy atom. The molecule has 0 spiro atoms. The van der Waals surface area contributed by atoms with Crippen LogP contribution in [0.2, 0.25) is 0 Å². The Labute approximate surface area is 106 Å². The van der Waals surface area contributed by atoms with E-state index in [4.69, 9.17) is 4.99 Å². The molecule has 1 fully saturated rings. The molecule has 88 valence electrons. The molecule has 1 aromatic carbocycles. The number of aliphatic imine (C=N–C) groups is 1. The molecule has 0 atom stereocenters. The molecule has 0 amide bonds. The molecular weight excluding hydrogens is 220 g/mol. The zero-order valence-corrected chi connectivity index (χ0v) is 10.2. The van der Waals surface area contributed by atoms with Crippen molar-refractivity contribution in [1.82, 2.24) is 4.90 Å². The zero-order chi connectivity index (χ0) is 12.3. The van der Waals surface area contributed by atoms with Gasteiger partial charge in [-0.05, 0) is 29.7 Å². The molecule has 1 saturated heterocycles. The Kier molecular flexibility index (Phi) is 1.77. The van der Waals surface area contributed by atoms with Gasteiger partial charge in [-0.15, -0.1) is 0 Å². The van der Waals surface area contributed by atoms with Crippen molar-refractivity contribution in [3.8, 4) is 0 Å². The van der Waals surface area contributed by atoms with Gasteiger partial charge in [-0.2, -0.15) is 0 Å². The van der Waals surface area contributed by atoms with Crippen LogP contribution >= 0.6 is 0 Å².